The zero-order valence-electron chi connectivity index (χ0n) is 3.79. The Hall–Kier alpha value is 0.250. The lowest BCUT2D eigenvalue weighted by atomic mass is 10.4. The first-order valence-corrected chi connectivity index (χ1v) is 2.52. The molecule has 0 aliphatic heterocycles. The number of hydrogen-bond acceptors (Lipinski definition) is 1. The first-order chi connectivity index (χ1) is 2.77. The van der Waals surface area contributed by atoms with Crippen molar-refractivity contribution in [1.29, 1.82) is 0 Å². The fourth-order valence-electron chi connectivity index (χ4n) is 0.282. The quantitative estimate of drug-likeness (QED) is 0.496. The summed E-state index contributed by atoms with van der Waals surface area (Å²) in [5.74, 6) is 0. The third-order valence-electron chi connectivity index (χ3n) is 1.23. The number of rotatable bonds is 1. The molecule has 36 valence electrons. The summed E-state index contributed by atoms with van der Waals surface area (Å²) in [6.07, 6.45) is 2.47. The monoisotopic (exact) mass is 105 g/mol. The highest BCUT2D eigenvalue weighted by Crippen LogP contribution is 2.34. The van der Waals surface area contributed by atoms with Gasteiger partial charge in [0.1, 0.15) is 0 Å². The topological polar surface area (TPSA) is 12.0 Å². The van der Waals surface area contributed by atoms with E-state index in [0.717, 1.165) is 0 Å². The van der Waals surface area contributed by atoms with E-state index in [0.29, 0.717) is 5.54 Å². The van der Waals surface area contributed by atoms with Crippen LogP contribution in [0.5, 0.6) is 0 Å². The van der Waals surface area contributed by atoms with E-state index in [9.17, 15) is 0 Å². The van der Waals surface area contributed by atoms with Gasteiger partial charge in [-0.05, 0) is 31.5 Å². The molecular formula is C4H8ClN. The van der Waals surface area contributed by atoms with E-state index in [1.807, 2.05) is 0 Å². The maximum absolute atomic E-state index is 5.29. The maximum atomic E-state index is 5.29. The lowest BCUT2D eigenvalue weighted by Gasteiger charge is -1.97. The standard InChI is InChI=1S/C4H8ClN/c1-4(6-5)2-3-4/h6H,2-3H2,1H3. The van der Waals surface area contributed by atoms with Crippen molar-refractivity contribution in [2.24, 2.45) is 0 Å². The van der Waals surface area contributed by atoms with Gasteiger partial charge in [0.05, 0.1) is 0 Å². The van der Waals surface area contributed by atoms with Gasteiger partial charge in [-0.1, -0.05) is 0 Å². The van der Waals surface area contributed by atoms with E-state index < -0.39 is 0 Å². The van der Waals surface area contributed by atoms with Crippen molar-refractivity contribution in [1.82, 2.24) is 4.84 Å². The van der Waals surface area contributed by atoms with Crippen molar-refractivity contribution >= 4 is 11.8 Å². The van der Waals surface area contributed by atoms with Crippen LogP contribution in [-0.2, 0) is 0 Å². The molecule has 0 atom stereocenters. The molecule has 0 amide bonds. The van der Waals surface area contributed by atoms with Crippen molar-refractivity contribution < 1.29 is 0 Å². The van der Waals surface area contributed by atoms with Gasteiger partial charge >= 0.3 is 0 Å². The number of hydrogen-bond donors (Lipinski definition) is 1. The summed E-state index contributed by atoms with van der Waals surface area (Å²) >= 11 is 5.29. The van der Waals surface area contributed by atoms with Crippen LogP contribution in [-0.4, -0.2) is 5.54 Å². The Balaban J connectivity index is 2.28. The van der Waals surface area contributed by atoms with Gasteiger partial charge in [-0.15, -0.1) is 0 Å². The summed E-state index contributed by atoms with van der Waals surface area (Å²) in [5, 5.41) is 0. The molecule has 2 heteroatoms. The van der Waals surface area contributed by atoms with E-state index in [1.54, 1.807) is 0 Å². The first-order valence-electron chi connectivity index (χ1n) is 2.15. The Morgan fingerprint density at radius 1 is 1.67 bits per heavy atom. The lowest BCUT2D eigenvalue weighted by molar-refractivity contribution is 0.693. The molecule has 0 unspecified atom stereocenters. The highest BCUT2D eigenvalue weighted by Gasteiger charge is 2.36. The largest absolute Gasteiger partial charge is 0.228 e. The van der Waals surface area contributed by atoms with Gasteiger partial charge in [-0.25, -0.2) is 4.84 Å². The molecule has 0 saturated heterocycles. The highest BCUT2D eigenvalue weighted by atomic mass is 35.5. The molecule has 1 rings (SSSR count). The van der Waals surface area contributed by atoms with E-state index in [-0.39, 0.29) is 0 Å². The van der Waals surface area contributed by atoms with E-state index in [2.05, 4.69) is 11.8 Å². The van der Waals surface area contributed by atoms with Gasteiger partial charge in [0.15, 0.2) is 0 Å². The van der Waals surface area contributed by atoms with Gasteiger partial charge in [0, 0.05) is 5.54 Å². The SMILES string of the molecule is CC1(NCl)CC1. The summed E-state index contributed by atoms with van der Waals surface area (Å²) in [4.78, 5) is 2.69. The molecule has 0 aromatic rings. The zero-order valence-corrected chi connectivity index (χ0v) is 4.55. The predicted molar refractivity (Wildman–Crippen MR) is 26.6 cm³/mol. The van der Waals surface area contributed by atoms with E-state index in [1.165, 1.54) is 12.8 Å². The highest BCUT2D eigenvalue weighted by molar-refractivity contribution is 6.14. The average Bonchev–Trinajstić information content (AvgIpc) is 2.22. The van der Waals surface area contributed by atoms with Crippen LogP contribution >= 0.6 is 11.8 Å². The third-order valence-corrected chi connectivity index (χ3v) is 1.68. The Kier molecular flexibility index (Phi) is 0.815. The number of halogens is 1. The van der Waals surface area contributed by atoms with Crippen molar-refractivity contribution in [3.05, 3.63) is 0 Å². The Morgan fingerprint density at radius 2 is 2.17 bits per heavy atom. The van der Waals surface area contributed by atoms with Gasteiger partial charge < -0.3 is 0 Å². The third kappa shape index (κ3) is 0.660. The smallest absolute Gasteiger partial charge is 0.0305 e. The summed E-state index contributed by atoms with van der Waals surface area (Å²) in [6, 6.07) is 0. The second-order valence-corrected chi connectivity index (χ2v) is 2.34. The molecule has 1 aliphatic rings. The second kappa shape index (κ2) is 1.11. The molecule has 0 spiro atoms. The minimum Gasteiger partial charge on any atom is -0.228 e. The van der Waals surface area contributed by atoms with Gasteiger partial charge in [0.2, 0.25) is 0 Å². The second-order valence-electron chi connectivity index (χ2n) is 2.16. The van der Waals surface area contributed by atoms with Crippen LogP contribution in [0.2, 0.25) is 0 Å². The van der Waals surface area contributed by atoms with E-state index >= 15 is 0 Å². The fraction of sp³-hybridized carbons (Fsp3) is 1.00. The van der Waals surface area contributed by atoms with Crippen molar-refractivity contribution in [3.8, 4) is 0 Å². The minimum atomic E-state index is 0.307. The molecule has 0 aromatic heterocycles. The first kappa shape index (κ1) is 4.41. The van der Waals surface area contributed by atoms with Gasteiger partial charge in [-0.3, -0.25) is 0 Å². The maximum Gasteiger partial charge on any atom is 0.0305 e. The van der Waals surface area contributed by atoms with Crippen LogP contribution in [0.15, 0.2) is 0 Å². The van der Waals surface area contributed by atoms with Crippen LogP contribution in [0.3, 0.4) is 0 Å². The molecule has 0 bridgehead atoms. The molecule has 1 N–H and O–H groups in total. The van der Waals surface area contributed by atoms with Crippen LogP contribution in [0.25, 0.3) is 0 Å². The van der Waals surface area contributed by atoms with Crippen LogP contribution in [0, 0.1) is 0 Å². The molecule has 0 aromatic carbocycles. The van der Waals surface area contributed by atoms with Crippen molar-refractivity contribution in [2.45, 2.75) is 25.3 Å². The fourth-order valence-corrected chi connectivity index (χ4v) is 0.471. The Labute approximate surface area is 42.8 Å². The molecule has 1 nitrogen and oxygen atoms in total. The summed E-state index contributed by atoms with van der Waals surface area (Å²) < 4.78 is 0. The van der Waals surface area contributed by atoms with Gasteiger partial charge in [0.25, 0.3) is 0 Å². The van der Waals surface area contributed by atoms with Crippen molar-refractivity contribution in [3.63, 3.8) is 0 Å². The molecule has 1 fully saturated rings. The summed E-state index contributed by atoms with van der Waals surface area (Å²) in [7, 11) is 0. The normalized spacial score (nSPS) is 27.0. The molecule has 0 radical (unpaired) electrons. The Morgan fingerprint density at radius 3 is 2.17 bits per heavy atom. The molecule has 0 heterocycles. The minimum absolute atomic E-state index is 0.307. The lowest BCUT2D eigenvalue weighted by Crippen LogP contribution is -2.16. The van der Waals surface area contributed by atoms with Crippen LogP contribution in [0.4, 0.5) is 0 Å². The van der Waals surface area contributed by atoms with E-state index in [4.69, 9.17) is 11.8 Å². The zero-order chi connectivity index (χ0) is 4.62. The van der Waals surface area contributed by atoms with Crippen LogP contribution in [0.1, 0.15) is 19.8 Å². The molecular weight excluding hydrogens is 97.5 g/mol. The number of nitrogens with one attached hydrogen (secondary N) is 1. The summed E-state index contributed by atoms with van der Waals surface area (Å²) in [6.45, 7) is 2.11. The van der Waals surface area contributed by atoms with Gasteiger partial charge in [-0.2, -0.15) is 0 Å². The van der Waals surface area contributed by atoms with Crippen LogP contribution < -0.4 is 4.84 Å². The van der Waals surface area contributed by atoms with Crippen molar-refractivity contribution in [2.75, 3.05) is 0 Å². The summed E-state index contributed by atoms with van der Waals surface area (Å²) in [5.41, 5.74) is 0.307. The molecule has 1 saturated carbocycles. The molecule has 6 heavy (non-hydrogen) atoms. The average molecular weight is 106 g/mol. The molecule has 1 aliphatic carbocycles. The Bertz CT molecular complexity index is 58.6. The predicted octanol–water partition coefficient (Wildman–Crippen LogP) is 1.28.